The number of nitro groups is 1. The van der Waals surface area contributed by atoms with Crippen LogP contribution in [0.4, 0.5) is 18.9 Å². The number of hydrogen-bond donors (Lipinski definition) is 1. The van der Waals surface area contributed by atoms with Crippen LogP contribution in [-0.4, -0.2) is 21.5 Å². The van der Waals surface area contributed by atoms with Gasteiger partial charge in [-0.2, -0.15) is 0 Å². The number of hydrogen-bond acceptors (Lipinski definition) is 5. The summed E-state index contributed by atoms with van der Waals surface area (Å²) in [4.78, 5) is 32.7. The Bertz CT molecular complexity index is 567. The Labute approximate surface area is 100 Å². The average molecular weight is 287 g/mol. The van der Waals surface area contributed by atoms with E-state index < -0.39 is 39.2 Å². The number of pyridine rings is 1. The van der Waals surface area contributed by atoms with E-state index in [-0.39, 0.29) is 6.07 Å². The van der Waals surface area contributed by atoms with E-state index in [9.17, 15) is 32.9 Å². The Morgan fingerprint density at radius 2 is 2.06 bits per heavy atom. The molecule has 18 heavy (non-hydrogen) atoms. The van der Waals surface area contributed by atoms with Crippen molar-refractivity contribution in [3.8, 4) is 5.75 Å². The van der Waals surface area contributed by atoms with Crippen molar-refractivity contribution in [2.75, 3.05) is 0 Å². The van der Waals surface area contributed by atoms with E-state index in [1.54, 1.807) is 4.98 Å². The molecule has 0 aliphatic heterocycles. The molecule has 0 atom stereocenters. The molecule has 11 heteroatoms. The molecule has 0 saturated heterocycles. The summed E-state index contributed by atoms with van der Waals surface area (Å²) in [5, 5.41) is 9.10. The Morgan fingerprint density at radius 1 is 1.50 bits per heavy atom. The number of nitrogens with one attached hydrogen (secondary N) is 1. The zero-order valence-electron chi connectivity index (χ0n) is 8.08. The first-order chi connectivity index (χ1) is 8.11. The Kier molecular flexibility index (Phi) is 3.60. The van der Waals surface area contributed by atoms with Crippen molar-refractivity contribution in [3.05, 3.63) is 32.2 Å². The maximum absolute atomic E-state index is 11.9. The molecule has 0 aliphatic carbocycles. The van der Waals surface area contributed by atoms with Crippen LogP contribution in [-0.2, 0) is 0 Å². The van der Waals surface area contributed by atoms with Crippen LogP contribution >= 0.6 is 11.6 Å². The van der Waals surface area contributed by atoms with Gasteiger partial charge in [0, 0.05) is 0 Å². The van der Waals surface area contributed by atoms with Gasteiger partial charge in [-0.25, -0.2) is 0 Å². The molecule has 98 valence electrons. The lowest BCUT2D eigenvalue weighted by atomic mass is 10.3. The maximum Gasteiger partial charge on any atom is 0.573 e. The maximum atomic E-state index is 11.9. The normalized spacial score (nSPS) is 11.1. The molecule has 1 rings (SSSR count). The molecule has 7 nitrogen and oxygen atoms in total. The summed E-state index contributed by atoms with van der Waals surface area (Å²) in [5.74, 6) is -1.36. The molecule has 1 heterocycles. The summed E-state index contributed by atoms with van der Waals surface area (Å²) >= 11 is 4.93. The third-order valence-corrected chi connectivity index (χ3v) is 1.79. The van der Waals surface area contributed by atoms with Crippen LogP contribution in [0.3, 0.4) is 0 Å². The van der Waals surface area contributed by atoms with Gasteiger partial charge in [0.25, 0.3) is 10.8 Å². The van der Waals surface area contributed by atoms with E-state index >= 15 is 0 Å². The van der Waals surface area contributed by atoms with Crippen LogP contribution in [0.2, 0.25) is 0 Å². The molecule has 0 fully saturated rings. The minimum atomic E-state index is -5.20. The van der Waals surface area contributed by atoms with Crippen LogP contribution in [0.5, 0.6) is 5.75 Å². The lowest BCUT2D eigenvalue weighted by Gasteiger charge is -2.08. The zero-order chi connectivity index (χ0) is 14.1. The highest BCUT2D eigenvalue weighted by atomic mass is 35.5. The topological polar surface area (TPSA) is 102 Å². The van der Waals surface area contributed by atoms with E-state index in [1.807, 2.05) is 0 Å². The van der Waals surface area contributed by atoms with Crippen molar-refractivity contribution in [2.24, 2.45) is 0 Å². The lowest BCUT2D eigenvalue weighted by molar-refractivity contribution is -0.385. The SMILES string of the molecule is O=C(Cl)c1[nH]c(=O)c(OC(F)(F)F)cc1[N+](=O)[O-]. The molecular formula is C7H2ClF3N2O5. The molecule has 1 aromatic heterocycles. The quantitative estimate of drug-likeness (QED) is 0.516. The molecule has 0 radical (unpaired) electrons. The number of aromatic amines is 1. The summed E-state index contributed by atoms with van der Waals surface area (Å²) in [6.45, 7) is 0. The molecule has 1 N–H and O–H groups in total. The third kappa shape index (κ3) is 3.20. The van der Waals surface area contributed by atoms with Gasteiger partial charge in [0.05, 0.1) is 11.0 Å². The van der Waals surface area contributed by atoms with Crippen LogP contribution in [0.25, 0.3) is 0 Å². The van der Waals surface area contributed by atoms with Gasteiger partial charge < -0.3 is 9.72 Å². The minimum Gasteiger partial charge on any atom is -0.400 e. The zero-order valence-corrected chi connectivity index (χ0v) is 8.83. The van der Waals surface area contributed by atoms with Gasteiger partial charge in [0.1, 0.15) is 0 Å². The first-order valence-electron chi connectivity index (χ1n) is 3.99. The predicted octanol–water partition coefficient (Wildman–Crippen LogP) is 1.56. The fourth-order valence-corrected chi connectivity index (χ4v) is 1.14. The number of alkyl halides is 3. The largest absolute Gasteiger partial charge is 0.573 e. The van der Waals surface area contributed by atoms with E-state index in [0.717, 1.165) is 0 Å². The summed E-state index contributed by atoms with van der Waals surface area (Å²) < 4.78 is 38.9. The van der Waals surface area contributed by atoms with Crippen molar-refractivity contribution >= 4 is 22.5 Å². The van der Waals surface area contributed by atoms with E-state index in [4.69, 9.17) is 11.6 Å². The number of carbonyl (C=O) groups excluding carboxylic acids is 1. The van der Waals surface area contributed by atoms with Gasteiger partial charge >= 0.3 is 12.0 Å². The number of ether oxygens (including phenoxy) is 1. The highest BCUT2D eigenvalue weighted by Gasteiger charge is 2.34. The minimum absolute atomic E-state index is 0.169. The van der Waals surface area contributed by atoms with Crippen LogP contribution in [0, 0.1) is 10.1 Å². The van der Waals surface area contributed by atoms with Gasteiger partial charge in [-0.1, -0.05) is 0 Å². The Morgan fingerprint density at radius 3 is 2.44 bits per heavy atom. The summed E-state index contributed by atoms with van der Waals surface area (Å²) in [5.41, 5.74) is -3.50. The van der Waals surface area contributed by atoms with E-state index in [1.165, 1.54) is 0 Å². The predicted molar refractivity (Wildman–Crippen MR) is 50.6 cm³/mol. The van der Waals surface area contributed by atoms with Gasteiger partial charge in [-0.05, 0) is 11.6 Å². The molecule has 0 aromatic carbocycles. The second kappa shape index (κ2) is 4.64. The monoisotopic (exact) mass is 286 g/mol. The summed E-state index contributed by atoms with van der Waals surface area (Å²) in [7, 11) is 0. The Hall–Kier alpha value is -2.10. The van der Waals surface area contributed by atoms with Gasteiger partial charge in [0.2, 0.25) is 5.75 Å². The second-order valence-electron chi connectivity index (χ2n) is 2.80. The van der Waals surface area contributed by atoms with Crippen LogP contribution in [0.1, 0.15) is 10.5 Å². The average Bonchev–Trinajstić information content (AvgIpc) is 2.17. The molecule has 0 spiro atoms. The number of H-pyrrole nitrogens is 1. The highest BCUT2D eigenvalue weighted by Crippen LogP contribution is 2.25. The van der Waals surface area contributed by atoms with Gasteiger partial charge in [-0.3, -0.25) is 19.7 Å². The van der Waals surface area contributed by atoms with Gasteiger partial charge in [0.15, 0.2) is 5.69 Å². The molecule has 1 aromatic rings. The van der Waals surface area contributed by atoms with Crippen molar-refractivity contribution < 1.29 is 27.6 Å². The first kappa shape index (κ1) is 14.0. The summed E-state index contributed by atoms with van der Waals surface area (Å²) in [6.07, 6.45) is -5.20. The highest BCUT2D eigenvalue weighted by molar-refractivity contribution is 6.67. The first-order valence-corrected chi connectivity index (χ1v) is 4.37. The Balaban J connectivity index is 3.42. The number of aromatic nitrogens is 1. The second-order valence-corrected chi connectivity index (χ2v) is 3.14. The summed E-state index contributed by atoms with van der Waals surface area (Å²) in [6, 6.07) is 0.169. The van der Waals surface area contributed by atoms with Crippen LogP contribution in [0.15, 0.2) is 10.9 Å². The van der Waals surface area contributed by atoms with Crippen molar-refractivity contribution in [1.29, 1.82) is 0 Å². The molecule has 0 aliphatic rings. The molecule has 0 bridgehead atoms. The molecular weight excluding hydrogens is 285 g/mol. The third-order valence-electron chi connectivity index (χ3n) is 1.61. The number of nitrogens with zero attached hydrogens (tertiary/aromatic N) is 1. The lowest BCUT2D eigenvalue weighted by Crippen LogP contribution is -2.24. The fourth-order valence-electron chi connectivity index (χ4n) is 0.995. The number of rotatable bonds is 3. The van der Waals surface area contributed by atoms with Gasteiger partial charge in [-0.15, -0.1) is 13.2 Å². The van der Waals surface area contributed by atoms with Crippen molar-refractivity contribution in [2.45, 2.75) is 6.36 Å². The van der Waals surface area contributed by atoms with E-state index in [0.29, 0.717) is 0 Å². The van der Waals surface area contributed by atoms with E-state index in [2.05, 4.69) is 4.74 Å². The smallest absolute Gasteiger partial charge is 0.400 e. The number of carbonyl (C=O) groups is 1. The molecule has 0 amide bonds. The standard InChI is InChI=1S/C7H2ClF3N2O5/c8-5(14)4-2(13(16)17)1-3(6(15)12-4)18-7(9,10)11/h1H,(H,12,15). The van der Waals surface area contributed by atoms with Crippen LogP contribution < -0.4 is 10.3 Å². The molecule has 0 saturated carbocycles. The van der Waals surface area contributed by atoms with Crippen molar-refractivity contribution in [1.82, 2.24) is 4.98 Å². The molecule has 0 unspecified atom stereocenters. The van der Waals surface area contributed by atoms with Crippen molar-refractivity contribution in [3.63, 3.8) is 0 Å². The fraction of sp³-hybridized carbons (Fsp3) is 0.143. The number of halogens is 4.